The molecule has 0 saturated carbocycles. The van der Waals surface area contributed by atoms with Gasteiger partial charge in [0, 0.05) is 37.2 Å². The Morgan fingerprint density at radius 1 is 1.26 bits per heavy atom. The Kier molecular flexibility index (Phi) is 3.97. The zero-order valence-corrected chi connectivity index (χ0v) is 14.0. The largest absolute Gasteiger partial charge is 0.331 e. The third kappa shape index (κ3) is 3.14. The fourth-order valence-electron chi connectivity index (χ4n) is 2.98. The molecule has 1 saturated heterocycles. The van der Waals surface area contributed by atoms with Gasteiger partial charge >= 0.3 is 0 Å². The van der Waals surface area contributed by atoms with Gasteiger partial charge in [0.2, 0.25) is 0 Å². The van der Waals surface area contributed by atoms with E-state index in [0.29, 0.717) is 12.1 Å². The van der Waals surface area contributed by atoms with E-state index >= 15 is 0 Å². The normalized spacial score (nSPS) is 18.3. The average Bonchev–Trinajstić information content (AvgIpc) is 3.14. The molecular weight excluding hydrogens is 314 g/mol. The molecule has 0 radical (unpaired) electrons. The molecule has 2 aromatic rings. The number of rotatable bonds is 3. The van der Waals surface area contributed by atoms with E-state index in [1.165, 1.54) is 12.1 Å². The molecule has 1 amide bonds. The van der Waals surface area contributed by atoms with Crippen LogP contribution in [0.5, 0.6) is 0 Å². The number of sulfone groups is 1. The van der Waals surface area contributed by atoms with Crippen molar-refractivity contribution in [1.82, 2.24) is 14.7 Å². The first-order chi connectivity index (χ1) is 10.9. The zero-order chi connectivity index (χ0) is 16.6. The van der Waals surface area contributed by atoms with Crippen molar-refractivity contribution in [3.8, 4) is 0 Å². The minimum Gasteiger partial charge on any atom is -0.331 e. The van der Waals surface area contributed by atoms with Gasteiger partial charge in [-0.2, -0.15) is 5.10 Å². The number of aryl methyl sites for hydroxylation is 1. The molecule has 0 bridgehead atoms. The predicted octanol–water partition coefficient (Wildman–Crippen LogP) is 1.80. The number of nitrogens with zero attached hydrogens (tertiary/aromatic N) is 3. The van der Waals surface area contributed by atoms with Crippen LogP contribution < -0.4 is 0 Å². The molecule has 0 spiro atoms. The molecule has 122 valence electrons. The van der Waals surface area contributed by atoms with Crippen LogP contribution in [0.2, 0.25) is 0 Å². The lowest BCUT2D eigenvalue weighted by molar-refractivity contribution is 0.0735. The van der Waals surface area contributed by atoms with E-state index in [1.54, 1.807) is 23.0 Å². The molecule has 2 heterocycles. The highest BCUT2D eigenvalue weighted by molar-refractivity contribution is 7.90. The van der Waals surface area contributed by atoms with E-state index in [0.717, 1.165) is 24.7 Å². The topological polar surface area (TPSA) is 72.3 Å². The van der Waals surface area contributed by atoms with Crippen LogP contribution in [0.1, 0.15) is 34.8 Å². The smallest absolute Gasteiger partial charge is 0.254 e. The molecule has 1 aromatic carbocycles. The summed E-state index contributed by atoms with van der Waals surface area (Å²) in [6, 6.07) is 6.16. The van der Waals surface area contributed by atoms with E-state index < -0.39 is 9.84 Å². The number of carbonyl (C=O) groups excluding carboxylic acids is 1. The van der Waals surface area contributed by atoms with Crippen molar-refractivity contribution in [2.75, 3.05) is 12.8 Å². The third-order valence-electron chi connectivity index (χ3n) is 4.15. The fraction of sp³-hybridized carbons (Fsp3) is 0.375. The second kappa shape index (κ2) is 5.81. The molecule has 3 rings (SSSR count). The van der Waals surface area contributed by atoms with Gasteiger partial charge in [-0.15, -0.1) is 0 Å². The lowest BCUT2D eigenvalue weighted by Gasteiger charge is -2.24. The van der Waals surface area contributed by atoms with Crippen LogP contribution >= 0.6 is 0 Å². The van der Waals surface area contributed by atoms with Crippen LogP contribution in [0.4, 0.5) is 0 Å². The van der Waals surface area contributed by atoms with Crippen LogP contribution in [0.25, 0.3) is 0 Å². The van der Waals surface area contributed by atoms with Crippen LogP contribution in [0.15, 0.2) is 41.6 Å². The highest BCUT2D eigenvalue weighted by Crippen LogP contribution is 2.32. The molecule has 6 nitrogen and oxygen atoms in total. The lowest BCUT2D eigenvalue weighted by atomic mass is 10.1. The van der Waals surface area contributed by atoms with Crippen LogP contribution in [0.3, 0.4) is 0 Å². The summed E-state index contributed by atoms with van der Waals surface area (Å²) in [5.41, 5.74) is 1.54. The van der Waals surface area contributed by atoms with E-state index in [4.69, 9.17) is 0 Å². The van der Waals surface area contributed by atoms with E-state index in [9.17, 15) is 13.2 Å². The first kappa shape index (κ1) is 15.7. The van der Waals surface area contributed by atoms with E-state index in [2.05, 4.69) is 5.10 Å². The van der Waals surface area contributed by atoms with Gasteiger partial charge in [0.25, 0.3) is 5.91 Å². The molecule has 23 heavy (non-hydrogen) atoms. The molecule has 0 N–H and O–H groups in total. The van der Waals surface area contributed by atoms with Crippen LogP contribution in [-0.2, 0) is 16.9 Å². The average molecular weight is 333 g/mol. The summed E-state index contributed by atoms with van der Waals surface area (Å²) >= 11 is 0. The number of hydrogen-bond acceptors (Lipinski definition) is 4. The summed E-state index contributed by atoms with van der Waals surface area (Å²) in [6.07, 6.45) is 6.75. The summed E-state index contributed by atoms with van der Waals surface area (Å²) in [5, 5.41) is 4.18. The number of likely N-dealkylation sites (tertiary alicyclic amines) is 1. The second-order valence-corrected chi connectivity index (χ2v) is 7.92. The van der Waals surface area contributed by atoms with Gasteiger partial charge in [0.15, 0.2) is 9.84 Å². The Morgan fingerprint density at radius 2 is 1.96 bits per heavy atom. The number of benzene rings is 1. The van der Waals surface area contributed by atoms with Crippen LogP contribution in [-0.4, -0.2) is 41.8 Å². The highest BCUT2D eigenvalue weighted by atomic mass is 32.2. The number of amides is 1. The Labute approximate surface area is 135 Å². The highest BCUT2D eigenvalue weighted by Gasteiger charge is 2.31. The maximum Gasteiger partial charge on any atom is 0.254 e. The molecule has 1 atom stereocenters. The number of hydrogen-bond donors (Lipinski definition) is 0. The maximum absolute atomic E-state index is 12.7. The fourth-order valence-corrected chi connectivity index (χ4v) is 3.61. The molecule has 7 heteroatoms. The summed E-state index contributed by atoms with van der Waals surface area (Å²) in [5.74, 6) is -0.0728. The minimum absolute atomic E-state index is 0.0331. The van der Waals surface area contributed by atoms with Gasteiger partial charge < -0.3 is 4.90 Å². The third-order valence-corrected chi connectivity index (χ3v) is 5.28. The van der Waals surface area contributed by atoms with Crippen molar-refractivity contribution in [3.63, 3.8) is 0 Å². The van der Waals surface area contributed by atoms with Crippen molar-refractivity contribution < 1.29 is 13.2 Å². The summed E-state index contributed by atoms with van der Waals surface area (Å²) in [6.45, 7) is 0.701. The first-order valence-electron chi connectivity index (χ1n) is 7.46. The number of carbonyl (C=O) groups is 1. The predicted molar refractivity (Wildman–Crippen MR) is 85.8 cm³/mol. The number of aromatic nitrogens is 2. The zero-order valence-electron chi connectivity index (χ0n) is 13.1. The first-order valence-corrected chi connectivity index (χ1v) is 9.35. The summed E-state index contributed by atoms with van der Waals surface area (Å²) in [7, 11) is -1.40. The molecule has 1 aliphatic rings. The lowest BCUT2D eigenvalue weighted by Crippen LogP contribution is -2.30. The van der Waals surface area contributed by atoms with E-state index in [-0.39, 0.29) is 16.8 Å². The van der Waals surface area contributed by atoms with E-state index in [1.807, 2.05) is 18.1 Å². The van der Waals surface area contributed by atoms with Crippen molar-refractivity contribution in [2.45, 2.75) is 23.8 Å². The van der Waals surface area contributed by atoms with Gasteiger partial charge in [-0.05, 0) is 37.1 Å². The van der Waals surface area contributed by atoms with Crippen molar-refractivity contribution in [1.29, 1.82) is 0 Å². The Balaban J connectivity index is 1.84. The SMILES string of the molecule is Cn1cc(C2CCCN2C(=O)c2ccc(S(C)(=O)=O)cc2)cn1. The summed E-state index contributed by atoms with van der Waals surface area (Å²) in [4.78, 5) is 14.8. The van der Waals surface area contributed by atoms with Gasteiger partial charge in [-0.3, -0.25) is 9.48 Å². The van der Waals surface area contributed by atoms with Crippen molar-refractivity contribution in [2.24, 2.45) is 7.05 Å². The molecule has 1 fully saturated rings. The molecule has 1 aromatic heterocycles. The minimum atomic E-state index is -3.25. The second-order valence-electron chi connectivity index (χ2n) is 5.90. The quantitative estimate of drug-likeness (QED) is 0.858. The molecular formula is C16H19N3O3S. The Morgan fingerprint density at radius 3 is 2.52 bits per heavy atom. The molecule has 1 unspecified atom stereocenters. The Hall–Kier alpha value is -2.15. The van der Waals surface area contributed by atoms with Gasteiger partial charge in [0.05, 0.1) is 17.1 Å². The standard InChI is InChI=1S/C16H19N3O3S/c1-18-11-13(10-17-18)15-4-3-9-19(15)16(20)12-5-7-14(8-6-12)23(2,21)22/h5-8,10-11,15H,3-4,9H2,1-2H3. The van der Waals surface area contributed by atoms with Crippen molar-refractivity contribution in [3.05, 3.63) is 47.8 Å². The van der Waals surface area contributed by atoms with Crippen LogP contribution in [0, 0.1) is 0 Å². The van der Waals surface area contributed by atoms with Gasteiger partial charge in [-0.1, -0.05) is 0 Å². The summed E-state index contributed by atoms with van der Waals surface area (Å²) < 4.78 is 24.7. The van der Waals surface area contributed by atoms with Crippen molar-refractivity contribution >= 4 is 15.7 Å². The van der Waals surface area contributed by atoms with Gasteiger partial charge in [-0.25, -0.2) is 8.42 Å². The molecule has 0 aliphatic carbocycles. The van der Waals surface area contributed by atoms with Gasteiger partial charge in [0.1, 0.15) is 0 Å². The Bertz CT molecular complexity index is 825. The monoisotopic (exact) mass is 333 g/mol. The maximum atomic E-state index is 12.7. The molecule has 1 aliphatic heterocycles.